The van der Waals surface area contributed by atoms with E-state index >= 15 is 0 Å². The number of hydrogen-bond acceptors (Lipinski definition) is 4. The molecule has 0 spiro atoms. The van der Waals surface area contributed by atoms with Gasteiger partial charge in [-0.05, 0) is 79.5 Å². The number of benzene rings is 2. The third kappa shape index (κ3) is 5.84. The van der Waals surface area contributed by atoms with Crippen LogP contribution in [0.15, 0.2) is 57.4 Å². The number of allylic oxidation sites excluding steroid dienone is 1. The standard InChI is InChI=1S/C20H23BrN2O4S/c1-5-27-18-9-8-16(11-17(18)21)23-28(25,26)19-12-15(7-6-14(19)4)22-20(24)10-13(2)3/h6-12,23H,5H2,1-4H3,(H,22,24). The van der Waals surface area contributed by atoms with Crippen molar-refractivity contribution >= 4 is 43.2 Å². The molecule has 0 saturated heterocycles. The number of aryl methyl sites for hydroxylation is 1. The number of halogens is 1. The molecule has 0 aliphatic carbocycles. The van der Waals surface area contributed by atoms with E-state index in [4.69, 9.17) is 4.74 Å². The highest BCUT2D eigenvalue weighted by atomic mass is 79.9. The van der Waals surface area contributed by atoms with Crippen LogP contribution in [0.5, 0.6) is 5.75 Å². The van der Waals surface area contributed by atoms with Crippen LogP contribution in [-0.4, -0.2) is 20.9 Å². The SMILES string of the molecule is CCOc1ccc(NS(=O)(=O)c2cc(NC(=O)C=C(C)C)ccc2C)cc1Br. The Bertz CT molecular complexity index is 1010. The van der Waals surface area contributed by atoms with Gasteiger partial charge in [-0.15, -0.1) is 0 Å². The summed E-state index contributed by atoms with van der Waals surface area (Å²) in [4.78, 5) is 12.0. The number of ether oxygens (including phenoxy) is 1. The number of amides is 1. The molecule has 0 radical (unpaired) electrons. The maximum Gasteiger partial charge on any atom is 0.262 e. The summed E-state index contributed by atoms with van der Waals surface area (Å²) in [5, 5.41) is 2.68. The lowest BCUT2D eigenvalue weighted by molar-refractivity contribution is -0.111. The minimum atomic E-state index is -3.85. The molecule has 0 atom stereocenters. The molecule has 8 heteroatoms. The Morgan fingerprint density at radius 3 is 2.43 bits per heavy atom. The van der Waals surface area contributed by atoms with Gasteiger partial charge < -0.3 is 10.1 Å². The molecule has 0 unspecified atom stereocenters. The zero-order valence-electron chi connectivity index (χ0n) is 16.2. The molecule has 0 fully saturated rings. The lowest BCUT2D eigenvalue weighted by atomic mass is 10.2. The van der Waals surface area contributed by atoms with Gasteiger partial charge in [0.1, 0.15) is 5.75 Å². The van der Waals surface area contributed by atoms with E-state index in [2.05, 4.69) is 26.0 Å². The lowest BCUT2D eigenvalue weighted by Crippen LogP contribution is -2.15. The molecule has 0 bridgehead atoms. The van der Waals surface area contributed by atoms with Crippen molar-refractivity contribution in [2.75, 3.05) is 16.6 Å². The van der Waals surface area contributed by atoms with Gasteiger partial charge in [0.25, 0.3) is 10.0 Å². The summed E-state index contributed by atoms with van der Waals surface area (Å²) in [5.74, 6) is 0.321. The van der Waals surface area contributed by atoms with Gasteiger partial charge in [-0.2, -0.15) is 0 Å². The van der Waals surface area contributed by atoms with Gasteiger partial charge in [0.15, 0.2) is 0 Å². The number of hydrogen-bond donors (Lipinski definition) is 2. The average molecular weight is 467 g/mol. The number of carbonyl (C=O) groups excluding carboxylic acids is 1. The van der Waals surface area contributed by atoms with E-state index in [1.54, 1.807) is 37.3 Å². The predicted octanol–water partition coefficient (Wildman–Crippen LogP) is 4.86. The van der Waals surface area contributed by atoms with Crippen molar-refractivity contribution in [3.8, 4) is 5.75 Å². The summed E-state index contributed by atoms with van der Waals surface area (Å²) in [7, 11) is -3.85. The van der Waals surface area contributed by atoms with Crippen LogP contribution in [0.3, 0.4) is 0 Å². The molecule has 150 valence electrons. The van der Waals surface area contributed by atoms with E-state index in [0.717, 1.165) is 5.57 Å². The van der Waals surface area contributed by atoms with Gasteiger partial charge in [-0.1, -0.05) is 11.6 Å². The van der Waals surface area contributed by atoms with E-state index < -0.39 is 10.0 Å². The Hall–Kier alpha value is -2.32. The van der Waals surface area contributed by atoms with E-state index in [9.17, 15) is 13.2 Å². The summed E-state index contributed by atoms with van der Waals surface area (Å²) in [6.45, 7) is 7.70. The predicted molar refractivity (Wildman–Crippen MR) is 115 cm³/mol. The molecule has 1 amide bonds. The Balaban J connectivity index is 2.30. The molecule has 0 heterocycles. The summed E-state index contributed by atoms with van der Waals surface area (Å²) < 4.78 is 34.4. The van der Waals surface area contributed by atoms with Crippen LogP contribution in [0.4, 0.5) is 11.4 Å². The highest BCUT2D eigenvalue weighted by molar-refractivity contribution is 9.10. The Morgan fingerprint density at radius 2 is 1.82 bits per heavy atom. The number of nitrogens with one attached hydrogen (secondary N) is 2. The second-order valence-corrected chi connectivity index (χ2v) is 8.88. The summed E-state index contributed by atoms with van der Waals surface area (Å²) >= 11 is 3.37. The second kappa shape index (κ2) is 9.25. The van der Waals surface area contributed by atoms with E-state index in [0.29, 0.717) is 33.8 Å². The fourth-order valence-electron chi connectivity index (χ4n) is 2.45. The molecule has 0 saturated carbocycles. The highest BCUT2D eigenvalue weighted by Crippen LogP contribution is 2.30. The van der Waals surface area contributed by atoms with Gasteiger partial charge in [0, 0.05) is 11.8 Å². The van der Waals surface area contributed by atoms with Gasteiger partial charge in [0.05, 0.1) is 21.7 Å². The molecular weight excluding hydrogens is 444 g/mol. The zero-order valence-corrected chi connectivity index (χ0v) is 18.6. The van der Waals surface area contributed by atoms with Crippen LogP contribution < -0.4 is 14.8 Å². The van der Waals surface area contributed by atoms with Crippen LogP contribution >= 0.6 is 15.9 Å². The highest BCUT2D eigenvalue weighted by Gasteiger charge is 2.18. The van der Waals surface area contributed by atoms with Crippen molar-refractivity contribution in [1.29, 1.82) is 0 Å². The van der Waals surface area contributed by atoms with Crippen LogP contribution in [0.1, 0.15) is 26.3 Å². The quantitative estimate of drug-likeness (QED) is 0.570. The zero-order chi connectivity index (χ0) is 20.9. The maximum atomic E-state index is 12.9. The first-order chi connectivity index (χ1) is 13.1. The van der Waals surface area contributed by atoms with Crippen molar-refractivity contribution in [3.63, 3.8) is 0 Å². The molecule has 6 nitrogen and oxygen atoms in total. The van der Waals surface area contributed by atoms with Crippen LogP contribution in [0.2, 0.25) is 0 Å². The fraction of sp³-hybridized carbons (Fsp3) is 0.250. The first-order valence-electron chi connectivity index (χ1n) is 8.64. The first kappa shape index (κ1) is 22.0. The monoisotopic (exact) mass is 466 g/mol. The largest absolute Gasteiger partial charge is 0.493 e. The molecule has 2 aromatic carbocycles. The summed E-state index contributed by atoms with van der Waals surface area (Å²) in [5.41, 5.74) is 2.22. The van der Waals surface area contributed by atoms with Gasteiger partial charge in [0.2, 0.25) is 5.91 Å². The van der Waals surface area contributed by atoms with E-state index in [1.165, 1.54) is 12.1 Å². The number of carbonyl (C=O) groups is 1. The van der Waals surface area contributed by atoms with Gasteiger partial charge >= 0.3 is 0 Å². The third-order valence-electron chi connectivity index (χ3n) is 3.65. The first-order valence-corrected chi connectivity index (χ1v) is 10.9. The van der Waals surface area contributed by atoms with Crippen LogP contribution in [-0.2, 0) is 14.8 Å². The average Bonchev–Trinajstić information content (AvgIpc) is 2.58. The van der Waals surface area contributed by atoms with Gasteiger partial charge in [-0.25, -0.2) is 8.42 Å². The van der Waals surface area contributed by atoms with Crippen LogP contribution in [0.25, 0.3) is 0 Å². The van der Waals surface area contributed by atoms with Crippen molar-refractivity contribution in [2.45, 2.75) is 32.6 Å². The van der Waals surface area contributed by atoms with Crippen molar-refractivity contribution in [1.82, 2.24) is 0 Å². The minimum Gasteiger partial charge on any atom is -0.493 e. The molecule has 0 aliphatic rings. The van der Waals surface area contributed by atoms with Crippen molar-refractivity contribution < 1.29 is 17.9 Å². The molecule has 0 aromatic heterocycles. The summed E-state index contributed by atoms with van der Waals surface area (Å²) in [6, 6.07) is 9.72. The van der Waals surface area contributed by atoms with E-state index in [-0.39, 0.29) is 10.8 Å². The fourth-order valence-corrected chi connectivity index (χ4v) is 4.27. The van der Waals surface area contributed by atoms with Gasteiger partial charge in [-0.3, -0.25) is 9.52 Å². The molecule has 0 aliphatic heterocycles. The maximum absolute atomic E-state index is 12.9. The van der Waals surface area contributed by atoms with Crippen molar-refractivity contribution in [2.24, 2.45) is 0 Å². The Morgan fingerprint density at radius 1 is 1.14 bits per heavy atom. The Labute approximate surface area is 174 Å². The topological polar surface area (TPSA) is 84.5 Å². The smallest absolute Gasteiger partial charge is 0.262 e. The van der Waals surface area contributed by atoms with Crippen LogP contribution in [0, 0.1) is 6.92 Å². The molecule has 2 rings (SSSR count). The molecule has 2 N–H and O–H groups in total. The summed E-state index contributed by atoms with van der Waals surface area (Å²) in [6.07, 6.45) is 1.45. The molecule has 2 aromatic rings. The number of anilines is 2. The number of sulfonamides is 1. The minimum absolute atomic E-state index is 0.0903. The molecule has 28 heavy (non-hydrogen) atoms. The number of rotatable bonds is 7. The third-order valence-corrected chi connectivity index (χ3v) is 5.79. The lowest BCUT2D eigenvalue weighted by Gasteiger charge is -2.13. The molecular formula is C20H23BrN2O4S. The van der Waals surface area contributed by atoms with Crippen molar-refractivity contribution in [3.05, 3.63) is 58.1 Å². The van der Waals surface area contributed by atoms with E-state index in [1.807, 2.05) is 20.8 Å². The Kier molecular flexibility index (Phi) is 7.26. The normalized spacial score (nSPS) is 10.9. The second-order valence-electron chi connectivity index (χ2n) is 6.37.